The van der Waals surface area contributed by atoms with Crippen LogP contribution in [-0.4, -0.2) is 23.2 Å². The average Bonchev–Trinajstić information content (AvgIpc) is 2.99. The number of phenols is 1. The Kier molecular flexibility index (Phi) is 2.77. The number of phenolic OH excluding ortho intramolecular Hbond substituents is 1. The maximum absolute atomic E-state index is 12.2. The Morgan fingerprint density at radius 3 is 2.81 bits per heavy atom. The molecular weight excluding hydrogens is 264 g/mol. The van der Waals surface area contributed by atoms with Crippen LogP contribution in [0.3, 0.4) is 0 Å². The number of aromatic hydroxyl groups is 1. The van der Waals surface area contributed by atoms with Crippen molar-refractivity contribution >= 4 is 16.6 Å². The lowest BCUT2D eigenvalue weighted by molar-refractivity contribution is 0.475. The molecule has 2 aliphatic rings. The zero-order valence-electron chi connectivity index (χ0n) is 11.9. The number of hydrogen-bond donors (Lipinski definition) is 2. The molecule has 4 rings (SSSR count). The van der Waals surface area contributed by atoms with Crippen LogP contribution >= 0.6 is 0 Å². The lowest BCUT2D eigenvalue weighted by atomic mass is 10.0. The van der Waals surface area contributed by atoms with Crippen molar-refractivity contribution in [1.29, 1.82) is 0 Å². The number of rotatable bonds is 1. The number of nitrogens with one attached hydrogen (secondary N) is 1. The molecule has 1 aliphatic heterocycles. The molecule has 0 spiro atoms. The molecule has 0 radical (unpaired) electrons. The third-order valence-electron chi connectivity index (χ3n) is 4.57. The smallest absolute Gasteiger partial charge is 0.251 e. The summed E-state index contributed by atoms with van der Waals surface area (Å²) in [4.78, 5) is 17.3. The summed E-state index contributed by atoms with van der Waals surface area (Å²) in [6, 6.07) is 3.50. The molecule has 0 amide bonds. The Labute approximate surface area is 122 Å². The normalized spacial score (nSPS) is 17.4. The zero-order chi connectivity index (χ0) is 14.4. The minimum Gasteiger partial charge on any atom is -0.506 e. The van der Waals surface area contributed by atoms with Gasteiger partial charge in [0.2, 0.25) is 0 Å². The first kappa shape index (κ1) is 12.5. The van der Waals surface area contributed by atoms with Gasteiger partial charge in [0.05, 0.1) is 11.2 Å². The van der Waals surface area contributed by atoms with Crippen LogP contribution in [0.1, 0.15) is 24.0 Å². The summed E-state index contributed by atoms with van der Waals surface area (Å²) >= 11 is 0. The van der Waals surface area contributed by atoms with E-state index >= 15 is 0 Å². The fourth-order valence-electron chi connectivity index (χ4n) is 3.62. The largest absolute Gasteiger partial charge is 0.506 e. The number of aromatic nitrogens is 1. The minimum absolute atomic E-state index is 0.0326. The molecule has 1 aromatic heterocycles. The van der Waals surface area contributed by atoms with Crippen molar-refractivity contribution < 1.29 is 5.11 Å². The van der Waals surface area contributed by atoms with Crippen LogP contribution in [0.25, 0.3) is 10.9 Å². The first-order chi connectivity index (χ1) is 10.3. The fourth-order valence-corrected chi connectivity index (χ4v) is 3.62. The number of aromatic amines is 1. The number of aryl methyl sites for hydroxylation is 1. The number of pyridine rings is 1. The highest BCUT2D eigenvalue weighted by Gasteiger charge is 2.23. The van der Waals surface area contributed by atoms with Gasteiger partial charge in [-0.1, -0.05) is 12.2 Å². The Hall–Kier alpha value is -2.23. The van der Waals surface area contributed by atoms with Crippen LogP contribution in [0.4, 0.5) is 5.69 Å². The third kappa shape index (κ3) is 1.86. The van der Waals surface area contributed by atoms with Gasteiger partial charge in [-0.2, -0.15) is 0 Å². The molecule has 0 fully saturated rings. The number of benzene rings is 1. The predicted molar refractivity (Wildman–Crippen MR) is 84.2 cm³/mol. The molecule has 2 aromatic rings. The topological polar surface area (TPSA) is 56.3 Å². The monoisotopic (exact) mass is 282 g/mol. The second kappa shape index (κ2) is 4.65. The SMILES string of the molecule is O=c1[nH]c2ccc(O)c(N3CC=CCC3)c2c2c1CCC2. The van der Waals surface area contributed by atoms with E-state index < -0.39 is 0 Å². The number of H-pyrrole nitrogens is 1. The predicted octanol–water partition coefficient (Wildman–Crippen LogP) is 2.49. The lowest BCUT2D eigenvalue weighted by Crippen LogP contribution is -2.27. The molecule has 4 heteroatoms. The summed E-state index contributed by atoms with van der Waals surface area (Å²) in [5.41, 5.74) is 3.79. The molecule has 108 valence electrons. The van der Waals surface area contributed by atoms with E-state index in [0.717, 1.165) is 66.5 Å². The Balaban J connectivity index is 2.05. The number of fused-ring (bicyclic) bond motifs is 3. The average molecular weight is 282 g/mol. The van der Waals surface area contributed by atoms with Crippen LogP contribution < -0.4 is 10.5 Å². The first-order valence-corrected chi connectivity index (χ1v) is 7.55. The highest BCUT2D eigenvalue weighted by molar-refractivity contribution is 5.98. The standard InChI is InChI=1S/C17H18N2O2/c20-14-8-7-13-15(16(14)19-9-2-1-3-10-19)11-5-4-6-12(11)17(21)18-13/h1-2,7-8,20H,3-6,9-10H2,(H,18,21). The van der Waals surface area contributed by atoms with Crippen molar-refractivity contribution in [3.8, 4) is 5.75 Å². The van der Waals surface area contributed by atoms with E-state index in [1.807, 2.05) is 6.07 Å². The Morgan fingerprint density at radius 1 is 1.14 bits per heavy atom. The summed E-state index contributed by atoms with van der Waals surface area (Å²) in [6.45, 7) is 1.71. The maximum Gasteiger partial charge on any atom is 0.251 e. The number of nitrogens with zero attached hydrogens (tertiary/aromatic N) is 1. The van der Waals surface area contributed by atoms with Crippen molar-refractivity contribution in [3.63, 3.8) is 0 Å². The second-order valence-electron chi connectivity index (χ2n) is 5.83. The molecule has 1 aliphatic carbocycles. The van der Waals surface area contributed by atoms with Crippen LogP contribution in [0, 0.1) is 0 Å². The van der Waals surface area contributed by atoms with Gasteiger partial charge in [-0.25, -0.2) is 0 Å². The van der Waals surface area contributed by atoms with E-state index in [1.54, 1.807) is 6.07 Å². The zero-order valence-corrected chi connectivity index (χ0v) is 11.9. The first-order valence-electron chi connectivity index (χ1n) is 7.55. The molecule has 0 saturated heterocycles. The van der Waals surface area contributed by atoms with Gasteiger partial charge in [0.1, 0.15) is 5.75 Å². The molecule has 2 N–H and O–H groups in total. The van der Waals surface area contributed by atoms with Crippen molar-refractivity contribution in [1.82, 2.24) is 4.98 Å². The Bertz CT molecular complexity index is 805. The molecule has 0 bridgehead atoms. The highest BCUT2D eigenvalue weighted by atomic mass is 16.3. The lowest BCUT2D eigenvalue weighted by Gasteiger charge is -2.28. The van der Waals surface area contributed by atoms with Crippen molar-refractivity contribution in [2.75, 3.05) is 18.0 Å². The summed E-state index contributed by atoms with van der Waals surface area (Å²) in [5.74, 6) is 0.305. The summed E-state index contributed by atoms with van der Waals surface area (Å²) in [7, 11) is 0. The van der Waals surface area contributed by atoms with E-state index in [0.29, 0.717) is 5.75 Å². The molecule has 0 unspecified atom stereocenters. The quantitative estimate of drug-likeness (QED) is 0.790. The van der Waals surface area contributed by atoms with Crippen molar-refractivity contribution in [3.05, 3.63) is 45.8 Å². The molecule has 0 saturated carbocycles. The Morgan fingerprint density at radius 2 is 2.00 bits per heavy atom. The summed E-state index contributed by atoms with van der Waals surface area (Å²) < 4.78 is 0. The molecule has 2 heterocycles. The van der Waals surface area contributed by atoms with E-state index in [9.17, 15) is 9.90 Å². The summed E-state index contributed by atoms with van der Waals surface area (Å²) in [6.07, 6.45) is 8.08. The molecule has 4 nitrogen and oxygen atoms in total. The van der Waals surface area contributed by atoms with Gasteiger partial charge in [-0.05, 0) is 43.4 Å². The third-order valence-corrected chi connectivity index (χ3v) is 4.57. The highest BCUT2D eigenvalue weighted by Crippen LogP contribution is 2.39. The van der Waals surface area contributed by atoms with Crippen LogP contribution in [0.15, 0.2) is 29.1 Å². The fraction of sp³-hybridized carbons (Fsp3) is 0.353. The van der Waals surface area contributed by atoms with E-state index in [2.05, 4.69) is 22.0 Å². The maximum atomic E-state index is 12.2. The van der Waals surface area contributed by atoms with Crippen LogP contribution in [-0.2, 0) is 12.8 Å². The molecule has 0 atom stereocenters. The number of hydrogen-bond acceptors (Lipinski definition) is 3. The second-order valence-corrected chi connectivity index (χ2v) is 5.83. The minimum atomic E-state index is 0.0326. The van der Waals surface area contributed by atoms with Crippen LogP contribution in [0.5, 0.6) is 5.75 Å². The van der Waals surface area contributed by atoms with Gasteiger partial charge >= 0.3 is 0 Å². The molecule has 21 heavy (non-hydrogen) atoms. The van der Waals surface area contributed by atoms with Gasteiger partial charge in [0.25, 0.3) is 5.56 Å². The van der Waals surface area contributed by atoms with E-state index in [-0.39, 0.29) is 5.56 Å². The molecule has 1 aromatic carbocycles. The van der Waals surface area contributed by atoms with Crippen molar-refractivity contribution in [2.24, 2.45) is 0 Å². The van der Waals surface area contributed by atoms with Gasteiger partial charge in [0.15, 0.2) is 0 Å². The molecular formula is C17H18N2O2. The van der Waals surface area contributed by atoms with Crippen LogP contribution in [0.2, 0.25) is 0 Å². The van der Waals surface area contributed by atoms with Gasteiger partial charge in [0, 0.05) is 24.0 Å². The van der Waals surface area contributed by atoms with E-state index in [4.69, 9.17) is 0 Å². The number of anilines is 1. The summed E-state index contributed by atoms with van der Waals surface area (Å²) in [5, 5.41) is 11.4. The van der Waals surface area contributed by atoms with Gasteiger partial charge in [-0.3, -0.25) is 4.79 Å². The van der Waals surface area contributed by atoms with Gasteiger partial charge < -0.3 is 15.0 Å². The van der Waals surface area contributed by atoms with E-state index in [1.165, 1.54) is 0 Å². The van der Waals surface area contributed by atoms with Crippen molar-refractivity contribution in [2.45, 2.75) is 25.7 Å². The van der Waals surface area contributed by atoms with Gasteiger partial charge in [-0.15, -0.1) is 0 Å².